The number of nitrogens with zero attached hydrogens (tertiary/aromatic N) is 1. The van der Waals surface area contributed by atoms with Crippen LogP contribution in [0.5, 0.6) is 0 Å². The quantitative estimate of drug-likeness (QED) is 0.324. The van der Waals surface area contributed by atoms with Crippen molar-refractivity contribution in [2.45, 2.75) is 19.8 Å². The lowest BCUT2D eigenvalue weighted by atomic mass is 9.76. The van der Waals surface area contributed by atoms with Crippen molar-refractivity contribution in [3.63, 3.8) is 0 Å². The van der Waals surface area contributed by atoms with Gasteiger partial charge in [0, 0.05) is 6.42 Å². The summed E-state index contributed by atoms with van der Waals surface area (Å²) in [5.41, 5.74) is -0.232. The number of hydrazone groups is 1. The summed E-state index contributed by atoms with van der Waals surface area (Å²) in [6.45, 7) is 1.70. The van der Waals surface area contributed by atoms with Crippen molar-refractivity contribution in [3.05, 3.63) is 35.9 Å². The minimum Gasteiger partial charge on any atom is -0.323 e. The van der Waals surface area contributed by atoms with E-state index in [1.807, 2.05) is 18.2 Å². The third-order valence-electron chi connectivity index (χ3n) is 3.66. The van der Waals surface area contributed by atoms with Crippen molar-refractivity contribution in [3.8, 4) is 0 Å². The molecule has 1 saturated heterocycles. The number of carbonyl (C=O) groups excluding carboxylic acids is 3. The normalized spacial score (nSPS) is 18.1. The third-order valence-corrected chi connectivity index (χ3v) is 3.66. The molecule has 2 rings (SSSR count). The van der Waals surface area contributed by atoms with Crippen LogP contribution in [0.25, 0.3) is 0 Å². The van der Waals surface area contributed by atoms with Gasteiger partial charge < -0.3 is 5.84 Å². The number of rotatable bonds is 4. The van der Waals surface area contributed by atoms with Crippen LogP contribution in [0.15, 0.2) is 35.4 Å². The molecule has 110 valence electrons. The Balaban J connectivity index is 2.35. The summed E-state index contributed by atoms with van der Waals surface area (Å²) >= 11 is 0. The maximum absolute atomic E-state index is 12.2. The molecule has 0 saturated carbocycles. The molecule has 1 aromatic carbocycles. The molecule has 0 spiro atoms. The standard InChI is InChI=1S/C14H16N4O3/c1-2-14(11(19)16-13(21)17-12(14)20)8-10(18-15)9-6-4-3-5-7-9/h3-7H,2,8,15H2,1H3,(H2,16,17,19,20,21)/b18-10+. The summed E-state index contributed by atoms with van der Waals surface area (Å²) in [4.78, 5) is 35.5. The lowest BCUT2D eigenvalue weighted by Crippen LogP contribution is -2.62. The Morgan fingerprint density at radius 2 is 1.71 bits per heavy atom. The number of nitrogens with two attached hydrogens (primary N) is 1. The van der Waals surface area contributed by atoms with E-state index in [4.69, 9.17) is 5.84 Å². The topological polar surface area (TPSA) is 114 Å². The van der Waals surface area contributed by atoms with Crippen LogP contribution in [0.3, 0.4) is 0 Å². The fourth-order valence-corrected chi connectivity index (χ4v) is 2.33. The highest BCUT2D eigenvalue weighted by atomic mass is 16.2. The second-order valence-corrected chi connectivity index (χ2v) is 4.79. The molecule has 1 fully saturated rings. The van der Waals surface area contributed by atoms with Gasteiger partial charge in [0.05, 0.1) is 5.71 Å². The average molecular weight is 288 g/mol. The smallest absolute Gasteiger partial charge is 0.323 e. The van der Waals surface area contributed by atoms with Gasteiger partial charge in [0.15, 0.2) is 0 Å². The number of nitrogens with one attached hydrogen (secondary N) is 2. The van der Waals surface area contributed by atoms with Gasteiger partial charge in [-0.3, -0.25) is 20.2 Å². The Bertz CT molecular complexity index is 590. The van der Waals surface area contributed by atoms with E-state index in [9.17, 15) is 14.4 Å². The van der Waals surface area contributed by atoms with Crippen LogP contribution in [-0.4, -0.2) is 23.6 Å². The SMILES string of the molecule is CCC1(C/C(=N\N)c2ccccc2)C(=O)NC(=O)NC1=O. The number of benzene rings is 1. The molecular formula is C14H16N4O3. The Hall–Kier alpha value is -2.70. The van der Waals surface area contributed by atoms with E-state index in [2.05, 4.69) is 15.7 Å². The fourth-order valence-electron chi connectivity index (χ4n) is 2.33. The van der Waals surface area contributed by atoms with Crippen molar-refractivity contribution in [2.24, 2.45) is 16.4 Å². The first-order valence-corrected chi connectivity index (χ1v) is 6.52. The summed E-state index contributed by atoms with van der Waals surface area (Å²) in [7, 11) is 0. The predicted molar refractivity (Wildman–Crippen MR) is 76.2 cm³/mol. The number of imide groups is 2. The number of hydrogen-bond donors (Lipinski definition) is 3. The largest absolute Gasteiger partial charge is 0.328 e. The molecule has 0 atom stereocenters. The fraction of sp³-hybridized carbons (Fsp3) is 0.286. The highest BCUT2D eigenvalue weighted by molar-refractivity contribution is 6.21. The molecular weight excluding hydrogens is 272 g/mol. The van der Waals surface area contributed by atoms with Crippen LogP contribution in [0.2, 0.25) is 0 Å². The van der Waals surface area contributed by atoms with Gasteiger partial charge in [0.2, 0.25) is 11.8 Å². The van der Waals surface area contributed by atoms with Crippen LogP contribution in [0.1, 0.15) is 25.3 Å². The molecule has 0 bridgehead atoms. The van der Waals surface area contributed by atoms with Gasteiger partial charge in [-0.1, -0.05) is 37.3 Å². The Morgan fingerprint density at radius 3 is 2.19 bits per heavy atom. The molecule has 4 N–H and O–H groups in total. The third kappa shape index (κ3) is 2.62. The first-order valence-electron chi connectivity index (χ1n) is 6.52. The highest BCUT2D eigenvalue weighted by Gasteiger charge is 2.49. The molecule has 7 nitrogen and oxygen atoms in total. The minimum absolute atomic E-state index is 0.0228. The van der Waals surface area contributed by atoms with Crippen molar-refractivity contribution >= 4 is 23.6 Å². The highest BCUT2D eigenvalue weighted by Crippen LogP contribution is 2.31. The van der Waals surface area contributed by atoms with Gasteiger partial charge in [-0.05, 0) is 12.0 Å². The summed E-state index contributed by atoms with van der Waals surface area (Å²) in [6, 6.07) is 8.23. The van der Waals surface area contributed by atoms with E-state index in [-0.39, 0.29) is 12.8 Å². The van der Waals surface area contributed by atoms with Gasteiger partial charge in [-0.2, -0.15) is 5.10 Å². The molecule has 1 aromatic rings. The molecule has 1 aliphatic rings. The van der Waals surface area contributed by atoms with Crippen LogP contribution in [-0.2, 0) is 9.59 Å². The van der Waals surface area contributed by atoms with E-state index in [1.54, 1.807) is 19.1 Å². The first kappa shape index (κ1) is 14.7. The second kappa shape index (κ2) is 5.74. The molecule has 0 radical (unpaired) electrons. The maximum Gasteiger partial charge on any atom is 0.328 e. The molecule has 21 heavy (non-hydrogen) atoms. The summed E-state index contributed by atoms with van der Waals surface area (Å²) in [6.07, 6.45) is 0.249. The van der Waals surface area contributed by atoms with E-state index >= 15 is 0 Å². The lowest BCUT2D eigenvalue weighted by molar-refractivity contribution is -0.144. The molecule has 1 aliphatic heterocycles. The Labute approximate surface area is 121 Å². The number of barbiturate groups is 1. The summed E-state index contributed by atoms with van der Waals surface area (Å²) in [5, 5.41) is 7.96. The van der Waals surface area contributed by atoms with Crippen LogP contribution >= 0.6 is 0 Å². The predicted octanol–water partition coefficient (Wildman–Crippen LogP) is 0.502. The monoisotopic (exact) mass is 288 g/mol. The average Bonchev–Trinajstić information content (AvgIpc) is 2.48. The second-order valence-electron chi connectivity index (χ2n) is 4.79. The van der Waals surface area contributed by atoms with Gasteiger partial charge in [0.1, 0.15) is 5.41 Å². The number of hydrogen-bond acceptors (Lipinski definition) is 5. The van der Waals surface area contributed by atoms with E-state index < -0.39 is 23.3 Å². The summed E-state index contributed by atoms with van der Waals surface area (Å²) < 4.78 is 0. The minimum atomic E-state index is -1.39. The van der Waals surface area contributed by atoms with Gasteiger partial charge in [-0.15, -0.1) is 0 Å². The van der Waals surface area contributed by atoms with E-state index in [0.717, 1.165) is 5.56 Å². The molecule has 0 aromatic heterocycles. The number of carbonyl (C=O) groups is 3. The maximum atomic E-state index is 12.2. The number of amides is 4. The zero-order valence-electron chi connectivity index (χ0n) is 11.6. The van der Waals surface area contributed by atoms with Crippen LogP contribution in [0.4, 0.5) is 4.79 Å². The summed E-state index contributed by atoms with van der Waals surface area (Å²) in [5.74, 6) is 4.15. The zero-order valence-corrected chi connectivity index (χ0v) is 11.6. The Morgan fingerprint density at radius 1 is 1.14 bits per heavy atom. The zero-order chi connectivity index (χ0) is 15.5. The van der Waals surface area contributed by atoms with Crippen molar-refractivity contribution in [2.75, 3.05) is 0 Å². The number of urea groups is 1. The van der Waals surface area contributed by atoms with Gasteiger partial charge in [-0.25, -0.2) is 4.79 Å². The van der Waals surface area contributed by atoms with Crippen molar-refractivity contribution in [1.29, 1.82) is 0 Å². The van der Waals surface area contributed by atoms with Crippen molar-refractivity contribution in [1.82, 2.24) is 10.6 Å². The van der Waals surface area contributed by atoms with Gasteiger partial charge in [0.25, 0.3) is 0 Å². The molecule has 0 unspecified atom stereocenters. The molecule has 4 amide bonds. The van der Waals surface area contributed by atoms with Crippen LogP contribution in [0, 0.1) is 5.41 Å². The van der Waals surface area contributed by atoms with Crippen molar-refractivity contribution < 1.29 is 14.4 Å². The van der Waals surface area contributed by atoms with Crippen LogP contribution < -0.4 is 16.5 Å². The van der Waals surface area contributed by atoms with E-state index in [0.29, 0.717) is 5.71 Å². The molecule has 0 aliphatic carbocycles. The van der Waals surface area contributed by atoms with E-state index in [1.165, 1.54) is 0 Å². The lowest BCUT2D eigenvalue weighted by Gasteiger charge is -2.33. The molecule has 1 heterocycles. The first-order chi connectivity index (χ1) is 10.0. The molecule has 7 heteroatoms. The van der Waals surface area contributed by atoms with Gasteiger partial charge >= 0.3 is 6.03 Å². The Kier molecular flexibility index (Phi) is 4.02.